The van der Waals surface area contributed by atoms with Crippen LogP contribution in [0.2, 0.25) is 5.02 Å². The molecule has 2 nitrogen and oxygen atoms in total. The molecule has 0 amide bonds. The summed E-state index contributed by atoms with van der Waals surface area (Å²) < 4.78 is 0. The lowest BCUT2D eigenvalue weighted by Gasteiger charge is -2.11. The van der Waals surface area contributed by atoms with Crippen LogP contribution in [0.1, 0.15) is 5.56 Å². The first-order valence-electron chi connectivity index (χ1n) is 6.18. The molecule has 3 rings (SSSR count). The van der Waals surface area contributed by atoms with E-state index in [9.17, 15) is 0 Å². The van der Waals surface area contributed by atoms with Crippen LogP contribution in [0.4, 0.5) is 5.69 Å². The van der Waals surface area contributed by atoms with E-state index in [-0.39, 0.29) is 0 Å². The molecule has 0 aromatic heterocycles. The number of rotatable bonds is 1. The molecule has 3 aromatic carbocycles. The van der Waals surface area contributed by atoms with Gasteiger partial charge < -0.3 is 5.73 Å². The number of nitrogen functional groups attached to an aromatic ring is 1. The van der Waals surface area contributed by atoms with Crippen LogP contribution in [0.3, 0.4) is 0 Å². The Morgan fingerprint density at radius 2 is 1.65 bits per heavy atom. The summed E-state index contributed by atoms with van der Waals surface area (Å²) in [7, 11) is 0. The molecule has 0 spiro atoms. The third kappa shape index (κ3) is 1.89. The summed E-state index contributed by atoms with van der Waals surface area (Å²) in [6.45, 7) is 0. The van der Waals surface area contributed by atoms with E-state index in [1.54, 1.807) is 6.07 Å². The van der Waals surface area contributed by atoms with E-state index in [1.165, 1.54) is 0 Å². The van der Waals surface area contributed by atoms with Crippen LogP contribution in [0.5, 0.6) is 0 Å². The van der Waals surface area contributed by atoms with Crippen LogP contribution in [0, 0.1) is 11.3 Å². The molecule has 0 bridgehead atoms. The van der Waals surface area contributed by atoms with Gasteiger partial charge in [-0.25, -0.2) is 0 Å². The lowest BCUT2D eigenvalue weighted by molar-refractivity contribution is 1.48. The molecule has 0 unspecified atom stereocenters. The van der Waals surface area contributed by atoms with Gasteiger partial charge in [0, 0.05) is 5.56 Å². The Morgan fingerprint density at radius 1 is 0.900 bits per heavy atom. The molecule has 20 heavy (non-hydrogen) atoms. The maximum absolute atomic E-state index is 9.17. The average Bonchev–Trinajstić information content (AvgIpc) is 2.48. The summed E-state index contributed by atoms with van der Waals surface area (Å²) >= 11 is 6.35. The summed E-state index contributed by atoms with van der Waals surface area (Å²) in [5.41, 5.74) is 8.35. The molecule has 0 saturated heterocycles. The van der Waals surface area contributed by atoms with Crippen LogP contribution in [0.25, 0.3) is 21.9 Å². The number of anilines is 1. The fourth-order valence-electron chi connectivity index (χ4n) is 2.37. The number of nitrogens with two attached hydrogens (primary N) is 1. The zero-order chi connectivity index (χ0) is 14.1. The number of benzene rings is 3. The fraction of sp³-hybridized carbons (Fsp3) is 0. The molecule has 3 heteroatoms. The second kappa shape index (κ2) is 4.88. The quantitative estimate of drug-likeness (QED) is 0.661. The normalized spacial score (nSPS) is 10.4. The first-order chi connectivity index (χ1) is 9.72. The van der Waals surface area contributed by atoms with E-state index in [1.807, 2.05) is 36.4 Å². The third-order valence-corrected chi connectivity index (χ3v) is 3.76. The standard InChI is InChI=1S/C17H11ClN2/c18-17-14(8-9-16(20)15(17)10-19)13-7-3-5-11-4-1-2-6-12(11)13/h1-9H,20H2. The van der Waals surface area contributed by atoms with Crippen molar-refractivity contribution in [3.8, 4) is 17.2 Å². The van der Waals surface area contributed by atoms with Crippen LogP contribution in [0.15, 0.2) is 54.6 Å². The van der Waals surface area contributed by atoms with Crippen molar-refractivity contribution in [1.82, 2.24) is 0 Å². The van der Waals surface area contributed by atoms with Crippen molar-refractivity contribution in [3.05, 3.63) is 65.2 Å². The largest absolute Gasteiger partial charge is 0.398 e. The number of nitriles is 1. The van der Waals surface area contributed by atoms with E-state index in [0.717, 1.165) is 21.9 Å². The van der Waals surface area contributed by atoms with Gasteiger partial charge in [0.1, 0.15) is 6.07 Å². The second-order valence-electron chi connectivity index (χ2n) is 4.53. The average molecular weight is 279 g/mol. The first kappa shape index (κ1) is 12.5. The van der Waals surface area contributed by atoms with Gasteiger partial charge in [0.25, 0.3) is 0 Å². The molecular weight excluding hydrogens is 268 g/mol. The Morgan fingerprint density at radius 3 is 2.45 bits per heavy atom. The zero-order valence-corrected chi connectivity index (χ0v) is 11.4. The highest BCUT2D eigenvalue weighted by atomic mass is 35.5. The van der Waals surface area contributed by atoms with Gasteiger partial charge in [0.05, 0.1) is 16.3 Å². The number of hydrogen-bond acceptors (Lipinski definition) is 2. The second-order valence-corrected chi connectivity index (χ2v) is 4.91. The van der Waals surface area contributed by atoms with Gasteiger partial charge in [0.15, 0.2) is 0 Å². The molecule has 0 saturated carbocycles. The summed E-state index contributed by atoms with van der Waals surface area (Å²) in [6.07, 6.45) is 0. The van der Waals surface area contributed by atoms with Crippen molar-refractivity contribution >= 4 is 28.1 Å². The number of hydrogen-bond donors (Lipinski definition) is 1. The molecule has 0 atom stereocenters. The maximum atomic E-state index is 9.17. The SMILES string of the molecule is N#Cc1c(N)ccc(-c2cccc3ccccc23)c1Cl. The number of halogens is 1. The monoisotopic (exact) mass is 278 g/mol. The molecule has 96 valence electrons. The summed E-state index contributed by atoms with van der Waals surface area (Å²) in [6, 6.07) is 19.8. The van der Waals surface area contributed by atoms with E-state index in [0.29, 0.717) is 16.3 Å². The molecular formula is C17H11ClN2. The first-order valence-corrected chi connectivity index (χ1v) is 6.56. The lowest BCUT2D eigenvalue weighted by atomic mass is 9.96. The number of fused-ring (bicyclic) bond motifs is 1. The summed E-state index contributed by atoms with van der Waals surface area (Å²) in [5, 5.41) is 11.8. The van der Waals surface area contributed by atoms with Crippen molar-refractivity contribution in [2.24, 2.45) is 0 Å². The topological polar surface area (TPSA) is 49.8 Å². The van der Waals surface area contributed by atoms with Crippen molar-refractivity contribution in [1.29, 1.82) is 5.26 Å². The van der Waals surface area contributed by atoms with Crippen LogP contribution in [-0.2, 0) is 0 Å². The van der Waals surface area contributed by atoms with E-state index >= 15 is 0 Å². The van der Waals surface area contributed by atoms with Gasteiger partial charge in [-0.15, -0.1) is 0 Å². The Balaban J connectivity index is 2.35. The molecule has 0 aliphatic carbocycles. The summed E-state index contributed by atoms with van der Waals surface area (Å²) in [5.74, 6) is 0. The highest BCUT2D eigenvalue weighted by Crippen LogP contribution is 2.36. The van der Waals surface area contributed by atoms with E-state index in [2.05, 4.69) is 18.2 Å². The molecule has 0 fully saturated rings. The minimum absolute atomic E-state index is 0.331. The molecule has 0 radical (unpaired) electrons. The van der Waals surface area contributed by atoms with Crippen molar-refractivity contribution < 1.29 is 0 Å². The minimum atomic E-state index is 0.331. The Labute approximate surface area is 122 Å². The highest BCUT2D eigenvalue weighted by Gasteiger charge is 2.13. The van der Waals surface area contributed by atoms with E-state index < -0.39 is 0 Å². The number of nitrogens with zero attached hydrogens (tertiary/aromatic N) is 1. The van der Waals surface area contributed by atoms with Gasteiger partial charge >= 0.3 is 0 Å². The van der Waals surface area contributed by atoms with Crippen molar-refractivity contribution in [3.63, 3.8) is 0 Å². The zero-order valence-electron chi connectivity index (χ0n) is 10.6. The molecule has 0 heterocycles. The van der Waals surface area contributed by atoms with E-state index in [4.69, 9.17) is 22.6 Å². The van der Waals surface area contributed by atoms with Gasteiger partial charge in [0.2, 0.25) is 0 Å². The van der Waals surface area contributed by atoms with Crippen molar-refractivity contribution in [2.75, 3.05) is 5.73 Å². The molecule has 0 aliphatic rings. The predicted octanol–water partition coefficient (Wildman–Crippen LogP) is 4.61. The van der Waals surface area contributed by atoms with Crippen molar-refractivity contribution in [2.45, 2.75) is 0 Å². The van der Waals surface area contributed by atoms with Gasteiger partial charge in [-0.05, 0) is 22.4 Å². The highest BCUT2D eigenvalue weighted by molar-refractivity contribution is 6.35. The minimum Gasteiger partial charge on any atom is -0.398 e. The van der Waals surface area contributed by atoms with Gasteiger partial charge in [-0.2, -0.15) is 5.26 Å². The van der Waals surface area contributed by atoms with Crippen LogP contribution < -0.4 is 5.73 Å². The Kier molecular flexibility index (Phi) is 3.06. The van der Waals surface area contributed by atoms with Crippen LogP contribution >= 0.6 is 11.6 Å². The summed E-state index contributed by atoms with van der Waals surface area (Å²) in [4.78, 5) is 0. The lowest BCUT2D eigenvalue weighted by Crippen LogP contribution is -1.93. The van der Waals surface area contributed by atoms with Crippen LogP contribution in [-0.4, -0.2) is 0 Å². The maximum Gasteiger partial charge on any atom is 0.103 e. The molecule has 0 aliphatic heterocycles. The predicted molar refractivity (Wildman–Crippen MR) is 83.5 cm³/mol. The smallest absolute Gasteiger partial charge is 0.103 e. The molecule has 3 aromatic rings. The molecule has 2 N–H and O–H groups in total. The Bertz CT molecular complexity index is 842. The fourth-order valence-corrected chi connectivity index (χ4v) is 2.69. The van der Waals surface area contributed by atoms with Gasteiger partial charge in [-0.1, -0.05) is 60.1 Å². The third-order valence-electron chi connectivity index (χ3n) is 3.37. The Hall–Kier alpha value is -2.50. The van der Waals surface area contributed by atoms with Gasteiger partial charge in [-0.3, -0.25) is 0 Å².